The number of carbonyl (C=O) groups excluding carboxylic acids is 1. The normalized spacial score (nSPS) is 10.7. The second-order valence-corrected chi connectivity index (χ2v) is 6.71. The summed E-state index contributed by atoms with van der Waals surface area (Å²) >= 11 is 0. The van der Waals surface area contributed by atoms with Crippen LogP contribution < -0.4 is 21.9 Å². The van der Waals surface area contributed by atoms with Crippen LogP contribution in [0.15, 0.2) is 35.3 Å². The van der Waals surface area contributed by atoms with Crippen LogP contribution in [0.25, 0.3) is 11.2 Å². The van der Waals surface area contributed by atoms with Gasteiger partial charge in [0.25, 0.3) is 11.5 Å². The van der Waals surface area contributed by atoms with Gasteiger partial charge in [0.2, 0.25) is 5.95 Å². The third-order valence-electron chi connectivity index (χ3n) is 4.36. The first-order valence-electron chi connectivity index (χ1n) is 11.3. The zero-order valence-corrected chi connectivity index (χ0v) is 20.5. The van der Waals surface area contributed by atoms with Gasteiger partial charge in [-0.2, -0.15) is 4.98 Å². The van der Waals surface area contributed by atoms with Crippen molar-refractivity contribution in [3.63, 3.8) is 0 Å². The topological polar surface area (TPSA) is 213 Å². The van der Waals surface area contributed by atoms with Gasteiger partial charge in [-0.15, -0.1) is 0 Å². The van der Waals surface area contributed by atoms with Crippen molar-refractivity contribution >= 4 is 40.6 Å². The van der Waals surface area contributed by atoms with Crippen LogP contribution in [0.5, 0.6) is 0 Å². The fourth-order valence-electron chi connectivity index (χ4n) is 2.75. The Morgan fingerprint density at radius 3 is 2.28 bits per heavy atom. The van der Waals surface area contributed by atoms with Crippen LogP contribution in [0.2, 0.25) is 0 Å². The molecule has 1 atom stereocenters. The number of aromatic nitrogens is 4. The lowest BCUT2D eigenvalue weighted by molar-refractivity contribution is -0.140. The summed E-state index contributed by atoms with van der Waals surface area (Å²) in [6.07, 6.45) is 0.840. The van der Waals surface area contributed by atoms with Crippen LogP contribution in [0, 0.1) is 0 Å². The highest BCUT2D eigenvalue weighted by Crippen LogP contribution is 2.12. The molecule has 3 rings (SSSR count). The van der Waals surface area contributed by atoms with E-state index in [1.54, 1.807) is 12.1 Å². The molecule has 1 aromatic carbocycles. The number of carboxylic acid groups (broad SMARTS) is 2. The summed E-state index contributed by atoms with van der Waals surface area (Å²) in [4.78, 5) is 60.6. The van der Waals surface area contributed by atoms with Crippen molar-refractivity contribution in [1.29, 1.82) is 0 Å². The molecule has 13 nitrogen and oxygen atoms in total. The molecule has 2 aromatic heterocycles. The summed E-state index contributed by atoms with van der Waals surface area (Å²) in [7, 11) is 0. The Labute approximate surface area is 207 Å². The summed E-state index contributed by atoms with van der Waals surface area (Å²) in [6.45, 7) is 8.23. The molecule has 0 saturated heterocycles. The number of H-pyrrole nitrogens is 1. The number of benzene rings is 1. The number of aromatic amines is 1. The van der Waals surface area contributed by atoms with Crippen molar-refractivity contribution in [3.8, 4) is 0 Å². The molecular weight excluding hydrogens is 470 g/mol. The minimum Gasteiger partial charge on any atom is -0.481 e. The lowest BCUT2D eigenvalue weighted by Gasteiger charge is -2.14. The first-order chi connectivity index (χ1) is 17.2. The minimum absolute atomic E-state index is 0.0524. The van der Waals surface area contributed by atoms with Gasteiger partial charge in [-0.3, -0.25) is 19.4 Å². The zero-order valence-electron chi connectivity index (χ0n) is 20.5. The third-order valence-corrected chi connectivity index (χ3v) is 4.36. The number of amides is 1. The molecule has 13 heteroatoms. The third kappa shape index (κ3) is 8.66. The van der Waals surface area contributed by atoms with Crippen molar-refractivity contribution in [2.24, 2.45) is 0 Å². The number of nitrogen functional groups attached to an aromatic ring is 1. The lowest BCUT2D eigenvalue weighted by atomic mass is 10.1. The van der Waals surface area contributed by atoms with E-state index in [1.165, 1.54) is 18.3 Å². The quantitative estimate of drug-likeness (QED) is 0.249. The summed E-state index contributed by atoms with van der Waals surface area (Å²) in [6, 6.07) is 4.86. The van der Waals surface area contributed by atoms with E-state index in [4.69, 9.17) is 15.9 Å². The summed E-state index contributed by atoms with van der Waals surface area (Å²) < 4.78 is 0. The highest BCUT2D eigenvalue weighted by Gasteiger charge is 2.21. The molecule has 194 valence electrons. The smallest absolute Gasteiger partial charge is 0.326 e. The summed E-state index contributed by atoms with van der Waals surface area (Å²) in [5.74, 6) is -3.16. The predicted molar refractivity (Wildman–Crippen MR) is 135 cm³/mol. The van der Waals surface area contributed by atoms with Gasteiger partial charge in [-0.1, -0.05) is 27.7 Å². The molecule has 3 aromatic rings. The second-order valence-electron chi connectivity index (χ2n) is 6.71. The Balaban J connectivity index is 0.00000154. The van der Waals surface area contributed by atoms with Gasteiger partial charge in [0, 0.05) is 17.7 Å². The summed E-state index contributed by atoms with van der Waals surface area (Å²) in [5, 5.41) is 23.2. The number of aliphatic carboxylic acids is 2. The van der Waals surface area contributed by atoms with E-state index in [2.05, 4.69) is 30.6 Å². The highest BCUT2D eigenvalue weighted by atomic mass is 16.4. The molecule has 0 aliphatic heterocycles. The van der Waals surface area contributed by atoms with Gasteiger partial charge >= 0.3 is 11.9 Å². The van der Waals surface area contributed by atoms with Crippen molar-refractivity contribution in [2.45, 2.75) is 53.1 Å². The maximum atomic E-state index is 12.3. The minimum atomic E-state index is -1.31. The molecule has 1 amide bonds. The average molecular weight is 502 g/mol. The van der Waals surface area contributed by atoms with Gasteiger partial charge in [-0.05, 0) is 30.7 Å². The van der Waals surface area contributed by atoms with E-state index in [0.717, 1.165) is 0 Å². The van der Waals surface area contributed by atoms with E-state index >= 15 is 0 Å². The number of hydrogen-bond acceptors (Lipinski definition) is 9. The number of rotatable bonds is 9. The van der Waals surface area contributed by atoms with E-state index in [0.29, 0.717) is 11.4 Å². The molecule has 1 unspecified atom stereocenters. The number of carbonyl (C=O) groups is 3. The van der Waals surface area contributed by atoms with Crippen LogP contribution >= 0.6 is 0 Å². The van der Waals surface area contributed by atoms with E-state index in [-0.39, 0.29) is 42.1 Å². The number of nitrogens with one attached hydrogen (secondary N) is 3. The molecule has 0 fully saturated rings. The van der Waals surface area contributed by atoms with Gasteiger partial charge in [-0.25, -0.2) is 14.8 Å². The van der Waals surface area contributed by atoms with E-state index in [1.807, 2.05) is 27.7 Å². The monoisotopic (exact) mass is 501 g/mol. The van der Waals surface area contributed by atoms with Crippen LogP contribution in [0.1, 0.15) is 56.6 Å². The molecule has 0 aliphatic rings. The Hall–Kier alpha value is -4.55. The Kier molecular flexibility index (Phi) is 12.0. The molecular formula is C23H31N7O6. The van der Waals surface area contributed by atoms with Crippen molar-refractivity contribution < 1.29 is 24.6 Å². The van der Waals surface area contributed by atoms with E-state index < -0.39 is 29.4 Å². The molecule has 36 heavy (non-hydrogen) atoms. The Bertz CT molecular complexity index is 1230. The number of fused-ring (bicyclic) bond motifs is 1. The molecule has 7 N–H and O–H groups in total. The van der Waals surface area contributed by atoms with Crippen molar-refractivity contribution in [3.05, 3.63) is 52.1 Å². The molecule has 0 saturated carbocycles. The number of carboxylic acids is 2. The fraction of sp³-hybridized carbons (Fsp3) is 0.348. The molecule has 0 bridgehead atoms. The van der Waals surface area contributed by atoms with Gasteiger partial charge in [0.1, 0.15) is 6.04 Å². The maximum Gasteiger partial charge on any atom is 0.326 e. The van der Waals surface area contributed by atoms with Crippen LogP contribution in [-0.2, 0) is 16.1 Å². The number of hydrogen-bond donors (Lipinski definition) is 6. The maximum absolute atomic E-state index is 12.3. The van der Waals surface area contributed by atoms with E-state index in [9.17, 15) is 19.2 Å². The highest BCUT2D eigenvalue weighted by molar-refractivity contribution is 5.96. The van der Waals surface area contributed by atoms with Crippen LogP contribution in [0.4, 0.5) is 11.6 Å². The Morgan fingerprint density at radius 1 is 1.06 bits per heavy atom. The SMILES string of the molecule is CC.CC.Nc1nc2ncc(CNc3ccc(C(=O)NC(CCC(=O)O)C(=O)O)cc3)nc2c(=O)[nH]1. The van der Waals surface area contributed by atoms with Crippen LogP contribution in [-0.4, -0.2) is 54.0 Å². The predicted octanol–water partition coefficient (Wildman–Crippen LogP) is 2.01. The van der Waals surface area contributed by atoms with Crippen molar-refractivity contribution in [2.75, 3.05) is 11.1 Å². The second kappa shape index (κ2) is 14.7. The number of nitrogens with two attached hydrogens (primary N) is 1. The standard InChI is InChI=1S/C19H19N7O6.2C2H6/c20-19-25-15-14(17(30)26-19)23-11(8-22-15)7-21-10-3-1-9(2-4-10)16(29)24-12(18(31)32)5-6-13(27)28;2*1-2/h1-4,8,12,21H,5-7H2,(H,24,29)(H,27,28)(H,31,32)(H3,20,22,25,26,30);2*1-2H3. The molecule has 0 radical (unpaired) electrons. The number of anilines is 2. The van der Waals surface area contributed by atoms with Gasteiger partial charge in [0.05, 0.1) is 18.4 Å². The number of nitrogens with zero attached hydrogens (tertiary/aromatic N) is 3. The Morgan fingerprint density at radius 2 is 1.69 bits per heavy atom. The fourth-order valence-corrected chi connectivity index (χ4v) is 2.75. The molecule has 2 heterocycles. The zero-order chi connectivity index (χ0) is 27.3. The molecule has 0 spiro atoms. The molecule has 0 aliphatic carbocycles. The summed E-state index contributed by atoms with van der Waals surface area (Å²) in [5.41, 5.74) is 6.47. The van der Waals surface area contributed by atoms with Gasteiger partial charge in [0.15, 0.2) is 11.2 Å². The van der Waals surface area contributed by atoms with Crippen LogP contribution in [0.3, 0.4) is 0 Å². The van der Waals surface area contributed by atoms with Crippen molar-refractivity contribution in [1.82, 2.24) is 25.3 Å². The average Bonchev–Trinajstić information content (AvgIpc) is 2.87. The first kappa shape index (κ1) is 29.5. The lowest BCUT2D eigenvalue weighted by Crippen LogP contribution is -2.41. The largest absolute Gasteiger partial charge is 0.481 e. The van der Waals surface area contributed by atoms with Gasteiger partial charge < -0.3 is 26.6 Å². The first-order valence-corrected chi connectivity index (χ1v) is 11.3.